The predicted octanol–water partition coefficient (Wildman–Crippen LogP) is 5.32. The fraction of sp³-hybridized carbons (Fsp3) is 0.292. The van der Waals surface area contributed by atoms with E-state index in [1.54, 1.807) is 12.1 Å². The number of hydrogen-bond acceptors (Lipinski definition) is 4. The summed E-state index contributed by atoms with van der Waals surface area (Å²) in [5.41, 5.74) is 1.88. The summed E-state index contributed by atoms with van der Waals surface area (Å²) in [6.07, 6.45) is -2.35. The molecule has 32 heavy (non-hydrogen) atoms. The van der Waals surface area contributed by atoms with Crippen LogP contribution in [-0.4, -0.2) is 23.0 Å². The number of para-hydroxylation sites is 1. The van der Waals surface area contributed by atoms with Crippen LogP contribution in [-0.2, 0) is 28.5 Å². The molecule has 1 amide bonds. The summed E-state index contributed by atoms with van der Waals surface area (Å²) in [5.74, 6) is -1.36. The molecule has 1 atom stereocenters. The Balaban J connectivity index is 1.56. The second-order valence-corrected chi connectivity index (χ2v) is 7.75. The third-order valence-electron chi connectivity index (χ3n) is 5.48. The Morgan fingerprint density at radius 1 is 1.06 bits per heavy atom. The van der Waals surface area contributed by atoms with Crippen molar-refractivity contribution in [1.29, 1.82) is 0 Å². The minimum absolute atomic E-state index is 0.0283. The fourth-order valence-electron chi connectivity index (χ4n) is 3.90. The lowest BCUT2D eigenvalue weighted by Crippen LogP contribution is -2.30. The minimum atomic E-state index is -4.53. The first-order valence-electron chi connectivity index (χ1n) is 10.3. The van der Waals surface area contributed by atoms with Gasteiger partial charge in [-0.05, 0) is 62.4 Å². The highest BCUT2D eigenvalue weighted by Gasteiger charge is 2.31. The number of amides is 1. The van der Waals surface area contributed by atoms with Crippen LogP contribution >= 0.6 is 0 Å². The quantitative estimate of drug-likeness (QED) is 0.556. The van der Waals surface area contributed by atoms with E-state index in [2.05, 4.69) is 10.3 Å². The molecule has 2 aromatic carbocycles. The lowest BCUT2D eigenvalue weighted by Gasteiger charge is -2.21. The number of esters is 1. The molecule has 5 nitrogen and oxygen atoms in total. The van der Waals surface area contributed by atoms with Crippen LogP contribution in [0.25, 0.3) is 10.9 Å². The number of hydrogen-bond donors (Lipinski definition) is 1. The predicted molar refractivity (Wildman–Crippen MR) is 113 cm³/mol. The molecule has 3 aromatic rings. The molecule has 0 aliphatic heterocycles. The zero-order valence-corrected chi connectivity index (χ0v) is 17.3. The average Bonchev–Trinajstić information content (AvgIpc) is 2.76. The monoisotopic (exact) mass is 442 g/mol. The maximum atomic E-state index is 13.1. The van der Waals surface area contributed by atoms with Crippen molar-refractivity contribution in [3.8, 4) is 0 Å². The Morgan fingerprint density at radius 2 is 1.81 bits per heavy atom. The van der Waals surface area contributed by atoms with Crippen molar-refractivity contribution in [2.75, 3.05) is 5.32 Å². The Kier molecular flexibility index (Phi) is 5.86. The van der Waals surface area contributed by atoms with Crippen molar-refractivity contribution in [1.82, 2.24) is 4.98 Å². The van der Waals surface area contributed by atoms with Gasteiger partial charge in [0, 0.05) is 16.8 Å². The van der Waals surface area contributed by atoms with Gasteiger partial charge in [-0.3, -0.25) is 9.78 Å². The van der Waals surface area contributed by atoms with E-state index in [4.69, 9.17) is 4.74 Å². The summed E-state index contributed by atoms with van der Waals surface area (Å²) < 4.78 is 44.1. The highest BCUT2D eigenvalue weighted by Crippen LogP contribution is 2.31. The van der Waals surface area contributed by atoms with Gasteiger partial charge in [0.05, 0.1) is 16.6 Å². The van der Waals surface area contributed by atoms with Gasteiger partial charge < -0.3 is 10.1 Å². The molecule has 166 valence electrons. The number of nitrogens with zero attached hydrogens (tertiary/aromatic N) is 1. The van der Waals surface area contributed by atoms with E-state index in [-0.39, 0.29) is 5.69 Å². The molecule has 1 aliphatic rings. The van der Waals surface area contributed by atoms with Crippen LogP contribution in [0, 0.1) is 0 Å². The summed E-state index contributed by atoms with van der Waals surface area (Å²) in [6, 6.07) is 11.5. The number of carbonyl (C=O) groups excluding carboxylic acids is 2. The summed E-state index contributed by atoms with van der Waals surface area (Å²) >= 11 is 0. The number of aromatic nitrogens is 1. The molecule has 0 radical (unpaired) electrons. The van der Waals surface area contributed by atoms with E-state index in [9.17, 15) is 22.8 Å². The van der Waals surface area contributed by atoms with E-state index in [0.29, 0.717) is 22.9 Å². The zero-order valence-electron chi connectivity index (χ0n) is 17.3. The Labute approximate surface area is 182 Å². The van der Waals surface area contributed by atoms with Gasteiger partial charge in [-0.15, -0.1) is 0 Å². The summed E-state index contributed by atoms with van der Waals surface area (Å²) in [7, 11) is 0. The van der Waals surface area contributed by atoms with Crippen molar-refractivity contribution < 1.29 is 27.5 Å². The molecule has 0 unspecified atom stereocenters. The number of carbonyl (C=O) groups is 2. The van der Waals surface area contributed by atoms with Crippen LogP contribution < -0.4 is 5.32 Å². The Morgan fingerprint density at radius 3 is 2.59 bits per heavy atom. The normalized spacial score (nSPS) is 14.5. The maximum absolute atomic E-state index is 13.1. The number of benzene rings is 2. The molecule has 1 N–H and O–H groups in total. The van der Waals surface area contributed by atoms with E-state index < -0.39 is 29.7 Å². The van der Waals surface area contributed by atoms with Crippen LogP contribution in [0.1, 0.15) is 46.9 Å². The molecule has 4 rings (SSSR count). The van der Waals surface area contributed by atoms with Gasteiger partial charge in [0.2, 0.25) is 0 Å². The van der Waals surface area contributed by atoms with Crippen molar-refractivity contribution in [2.45, 2.75) is 44.9 Å². The Hall–Kier alpha value is -3.42. The topological polar surface area (TPSA) is 68.3 Å². The Bertz CT molecular complexity index is 1190. The standard InChI is InChI=1S/C24H21F3N2O3/c1-14(22(30)28-16-8-6-7-15(13-16)24(25,26)27)32-23(31)21-17-9-2-4-11-19(17)29-20-12-5-3-10-18(20)21/h2,4,6-9,11,13-14H,3,5,10,12H2,1H3,(H,28,30)/t14-/m1/s1. The third kappa shape index (κ3) is 4.44. The molecule has 1 aromatic heterocycles. The number of nitrogens with one attached hydrogen (secondary N) is 1. The van der Waals surface area contributed by atoms with Gasteiger partial charge in [-0.1, -0.05) is 24.3 Å². The number of pyridine rings is 1. The van der Waals surface area contributed by atoms with Crippen LogP contribution in [0.4, 0.5) is 18.9 Å². The van der Waals surface area contributed by atoms with Crippen molar-refractivity contribution >= 4 is 28.5 Å². The van der Waals surface area contributed by atoms with Crippen LogP contribution in [0.3, 0.4) is 0 Å². The maximum Gasteiger partial charge on any atom is 0.416 e. The van der Waals surface area contributed by atoms with E-state index in [1.807, 2.05) is 12.1 Å². The van der Waals surface area contributed by atoms with Crippen molar-refractivity contribution in [3.63, 3.8) is 0 Å². The van der Waals surface area contributed by atoms with Crippen LogP contribution in [0.15, 0.2) is 48.5 Å². The second kappa shape index (κ2) is 8.61. The molecule has 8 heteroatoms. The smallest absolute Gasteiger partial charge is 0.416 e. The van der Waals surface area contributed by atoms with E-state index in [1.165, 1.54) is 19.1 Å². The van der Waals surface area contributed by atoms with Crippen LogP contribution in [0.5, 0.6) is 0 Å². The molecule has 0 bridgehead atoms. The molecular weight excluding hydrogens is 421 g/mol. The number of anilines is 1. The molecular formula is C24H21F3N2O3. The lowest BCUT2D eigenvalue weighted by atomic mass is 9.90. The van der Waals surface area contributed by atoms with E-state index in [0.717, 1.165) is 42.7 Å². The second-order valence-electron chi connectivity index (χ2n) is 7.75. The summed E-state index contributed by atoms with van der Waals surface area (Å²) in [6.45, 7) is 1.39. The van der Waals surface area contributed by atoms with Crippen LogP contribution in [0.2, 0.25) is 0 Å². The molecule has 0 fully saturated rings. The number of ether oxygens (including phenoxy) is 1. The van der Waals surface area contributed by atoms with Crippen molar-refractivity contribution in [2.24, 2.45) is 0 Å². The van der Waals surface area contributed by atoms with Gasteiger partial charge in [-0.2, -0.15) is 13.2 Å². The largest absolute Gasteiger partial charge is 0.449 e. The van der Waals surface area contributed by atoms with Gasteiger partial charge in [-0.25, -0.2) is 4.79 Å². The molecule has 0 spiro atoms. The van der Waals surface area contributed by atoms with Crippen molar-refractivity contribution in [3.05, 3.63) is 70.9 Å². The van der Waals surface area contributed by atoms with Gasteiger partial charge in [0.1, 0.15) is 0 Å². The number of alkyl halides is 3. The first-order valence-corrected chi connectivity index (χ1v) is 10.3. The lowest BCUT2D eigenvalue weighted by molar-refractivity contribution is -0.137. The molecule has 1 aliphatic carbocycles. The van der Waals surface area contributed by atoms with E-state index >= 15 is 0 Å². The number of halogens is 3. The number of aryl methyl sites for hydroxylation is 1. The number of fused-ring (bicyclic) bond motifs is 2. The summed E-state index contributed by atoms with van der Waals surface area (Å²) in [5, 5.41) is 3.04. The average molecular weight is 442 g/mol. The number of rotatable bonds is 4. The van der Waals surface area contributed by atoms with Gasteiger partial charge in [0.25, 0.3) is 5.91 Å². The molecule has 0 saturated carbocycles. The highest BCUT2D eigenvalue weighted by atomic mass is 19.4. The third-order valence-corrected chi connectivity index (χ3v) is 5.48. The molecule has 0 saturated heterocycles. The zero-order chi connectivity index (χ0) is 22.9. The summed E-state index contributed by atoms with van der Waals surface area (Å²) in [4.78, 5) is 30.3. The first kappa shape index (κ1) is 21.8. The fourth-order valence-corrected chi connectivity index (χ4v) is 3.90. The van der Waals surface area contributed by atoms with Gasteiger partial charge >= 0.3 is 12.1 Å². The molecule has 1 heterocycles. The first-order chi connectivity index (χ1) is 15.2. The van der Waals surface area contributed by atoms with Gasteiger partial charge in [0.15, 0.2) is 6.10 Å². The SMILES string of the molecule is C[C@@H](OC(=O)c1c2c(nc3ccccc13)CCCC2)C(=O)Nc1cccc(C(F)(F)F)c1. The highest BCUT2D eigenvalue weighted by molar-refractivity contribution is 6.06. The minimum Gasteiger partial charge on any atom is -0.449 e.